The van der Waals surface area contributed by atoms with E-state index in [0.29, 0.717) is 0 Å². The molecule has 0 atom stereocenters. The number of hydrogen-bond donors (Lipinski definition) is 0. The fourth-order valence-electron chi connectivity index (χ4n) is 0. The second kappa shape index (κ2) is 0.950. The van der Waals surface area contributed by atoms with Crippen molar-refractivity contribution in [2.24, 2.45) is 0 Å². The molecule has 0 rings (SSSR count). The molecule has 5 heavy (non-hydrogen) atoms. The average Bonchev–Trinajstić information content (AvgIpc) is 0.722. The molecule has 0 aliphatic rings. The summed E-state index contributed by atoms with van der Waals surface area (Å²) in [7, 11) is 0. The van der Waals surface area contributed by atoms with E-state index in [9.17, 15) is 0 Å². The Kier molecular flexibility index (Phi) is 0.934. The standard InChI is InChI=1S/4O.Ti. The molecule has 0 spiro atoms. The maximum absolute atomic E-state index is 8.62. The van der Waals surface area contributed by atoms with E-state index in [2.05, 4.69) is 0 Å². The molecule has 0 fully saturated rings. The van der Waals surface area contributed by atoms with E-state index < -0.39 is 16.5 Å². The van der Waals surface area contributed by atoms with Gasteiger partial charge in [0.15, 0.2) is 0 Å². The zero-order valence-electron chi connectivity index (χ0n) is 2.13. The molecular formula is O4Ti. The second-order valence-corrected chi connectivity index (χ2v) is 2.06. The van der Waals surface area contributed by atoms with E-state index in [0.717, 1.165) is 0 Å². The Morgan fingerprint density at radius 2 is 0.800 bits per heavy atom. The Hall–Kier alpha value is -0.0857. The summed E-state index contributed by atoms with van der Waals surface area (Å²) in [5, 5.41) is 0. The molecule has 0 aromatic rings. The summed E-state index contributed by atoms with van der Waals surface area (Å²) in [6, 6.07) is 0. The molecule has 0 N–H and O–H groups in total. The molecule has 4 nitrogen and oxygen atoms in total. The summed E-state index contributed by atoms with van der Waals surface area (Å²) in [6.45, 7) is 0. The fraction of sp³-hybridized carbons (Fsp3) is 0. The van der Waals surface area contributed by atoms with Crippen molar-refractivity contribution in [3.8, 4) is 0 Å². The van der Waals surface area contributed by atoms with Gasteiger partial charge in [0.05, 0.1) is 0 Å². The Morgan fingerprint density at radius 3 is 0.800 bits per heavy atom. The summed E-state index contributed by atoms with van der Waals surface area (Å²) in [5.74, 6) is 0. The van der Waals surface area contributed by atoms with Crippen molar-refractivity contribution < 1.29 is 29.8 Å². The van der Waals surface area contributed by atoms with Gasteiger partial charge in [-0.25, -0.2) is 0 Å². The van der Waals surface area contributed by atoms with Crippen molar-refractivity contribution >= 4 is 0 Å². The molecule has 0 bridgehead atoms. The molecule has 0 unspecified atom stereocenters. The van der Waals surface area contributed by atoms with Crippen LogP contribution < -0.4 is 0 Å². The molecule has 0 heterocycles. The van der Waals surface area contributed by atoms with Crippen LogP contribution in [0.1, 0.15) is 0 Å². The van der Waals surface area contributed by atoms with E-state index in [1.807, 2.05) is 0 Å². The van der Waals surface area contributed by atoms with Crippen LogP contribution in [0.5, 0.6) is 0 Å². The maximum atomic E-state index is 8.62. The Bertz CT molecular complexity index is 155. The Labute approximate surface area is 30.4 Å². The average molecular weight is 112 g/mol. The van der Waals surface area contributed by atoms with Gasteiger partial charge in [0.2, 0.25) is 0 Å². The Balaban J connectivity index is 6.05. The number of hydrogen-bond acceptors (Lipinski definition) is 4. The fourth-order valence-corrected chi connectivity index (χ4v) is 0. The van der Waals surface area contributed by atoms with Crippen molar-refractivity contribution in [1.29, 1.82) is 0 Å². The third-order valence-electron chi connectivity index (χ3n) is 0. The zero-order valence-corrected chi connectivity index (χ0v) is 3.69. The quantitative estimate of drug-likeness (QED) is 0.397. The molecule has 0 saturated carbocycles. The van der Waals surface area contributed by atoms with Gasteiger partial charge < -0.3 is 0 Å². The predicted octanol–water partition coefficient (Wildman–Crippen LogP) is -0.478. The van der Waals surface area contributed by atoms with Crippen molar-refractivity contribution in [2.75, 3.05) is 0 Å². The van der Waals surface area contributed by atoms with Gasteiger partial charge in [-0.05, 0) is 0 Å². The van der Waals surface area contributed by atoms with Crippen molar-refractivity contribution in [3.05, 3.63) is 0 Å². The first-order valence-electron chi connectivity index (χ1n) is 0.816. The van der Waals surface area contributed by atoms with Gasteiger partial charge in [-0.3, -0.25) is 0 Å². The first kappa shape index (κ1) is 4.91. The van der Waals surface area contributed by atoms with E-state index >= 15 is 0 Å². The summed E-state index contributed by atoms with van der Waals surface area (Å²) < 4.78 is 34.5. The zero-order chi connectivity index (χ0) is 4.50. The monoisotopic (exact) mass is 112 g/mol. The second-order valence-electron chi connectivity index (χ2n) is 0.500. The third-order valence-corrected chi connectivity index (χ3v) is 0. The Morgan fingerprint density at radius 1 is 0.800 bits per heavy atom. The summed E-state index contributed by atoms with van der Waals surface area (Å²) in [6.07, 6.45) is 0. The van der Waals surface area contributed by atoms with Crippen LogP contribution in [-0.2, 0) is 29.8 Å². The van der Waals surface area contributed by atoms with Gasteiger partial charge in [0.25, 0.3) is 0 Å². The van der Waals surface area contributed by atoms with Gasteiger partial charge in [-0.15, -0.1) is 0 Å². The third kappa shape index (κ3) is 1950. The molecule has 0 aromatic heterocycles. The van der Waals surface area contributed by atoms with Crippen LogP contribution in [0.15, 0.2) is 0 Å². The van der Waals surface area contributed by atoms with Crippen LogP contribution in [0.2, 0.25) is 0 Å². The van der Waals surface area contributed by atoms with Crippen LogP contribution in [0.4, 0.5) is 0 Å². The van der Waals surface area contributed by atoms with E-state index in [4.69, 9.17) is 13.3 Å². The molecule has 0 aliphatic carbocycles. The van der Waals surface area contributed by atoms with Gasteiger partial charge >= 0.3 is 29.8 Å². The normalized spacial score (nSPS) is 4.80. The van der Waals surface area contributed by atoms with Crippen LogP contribution in [0.25, 0.3) is 0 Å². The first-order valence-corrected chi connectivity index (χ1v) is 3.37. The summed E-state index contributed by atoms with van der Waals surface area (Å²) in [5.41, 5.74) is 0. The molecular weight excluding hydrogens is 112 g/mol. The van der Waals surface area contributed by atoms with Crippen LogP contribution in [-0.4, -0.2) is 0 Å². The molecule has 0 radical (unpaired) electrons. The first-order chi connectivity index (χ1) is 2.00. The minimum atomic E-state index is -6.00. The molecule has 0 aliphatic heterocycles. The molecule has 0 aromatic carbocycles. The van der Waals surface area contributed by atoms with Crippen molar-refractivity contribution in [2.45, 2.75) is 0 Å². The van der Waals surface area contributed by atoms with Gasteiger partial charge in [0, 0.05) is 0 Å². The van der Waals surface area contributed by atoms with Gasteiger partial charge in [-0.1, -0.05) is 0 Å². The summed E-state index contributed by atoms with van der Waals surface area (Å²) >= 11 is -6.00. The van der Waals surface area contributed by atoms with Crippen LogP contribution in [0.3, 0.4) is 0 Å². The van der Waals surface area contributed by atoms with Crippen LogP contribution in [0, 0.1) is 0 Å². The van der Waals surface area contributed by atoms with E-state index in [1.54, 1.807) is 0 Å². The summed E-state index contributed by atoms with van der Waals surface area (Å²) in [4.78, 5) is 0. The molecule has 28 valence electrons. The molecule has 5 heteroatoms. The van der Waals surface area contributed by atoms with Gasteiger partial charge in [-0.2, -0.15) is 0 Å². The van der Waals surface area contributed by atoms with Crippen molar-refractivity contribution in [3.63, 3.8) is 0 Å². The van der Waals surface area contributed by atoms with Crippen molar-refractivity contribution in [1.82, 2.24) is 0 Å². The van der Waals surface area contributed by atoms with E-state index in [-0.39, 0.29) is 0 Å². The van der Waals surface area contributed by atoms with Gasteiger partial charge in [0.1, 0.15) is 0 Å². The van der Waals surface area contributed by atoms with Crippen LogP contribution >= 0.6 is 0 Å². The molecule has 0 saturated heterocycles. The minimum absolute atomic E-state index is 6.00. The predicted molar refractivity (Wildman–Crippen MR) is 2.75 cm³/mol. The SMILES string of the molecule is [O]=[Ti](=[O])(=[O])=[O]. The topological polar surface area (TPSA) is 68.3 Å². The number of rotatable bonds is 0. The van der Waals surface area contributed by atoms with E-state index in [1.165, 1.54) is 0 Å². The molecule has 0 amide bonds.